The van der Waals surface area contributed by atoms with E-state index in [1.54, 1.807) is 57.2 Å². The Morgan fingerprint density at radius 3 is 1.67 bits per heavy atom. The first kappa shape index (κ1) is 24.2. The maximum absolute atomic E-state index is 12.0. The Morgan fingerprint density at radius 1 is 0.852 bits per heavy atom. The molecule has 7 heteroatoms. The van der Waals surface area contributed by atoms with Gasteiger partial charge in [-0.15, -0.1) is 0 Å². The van der Waals surface area contributed by atoms with E-state index in [0.29, 0.717) is 0 Å². The highest BCUT2D eigenvalue weighted by atomic mass is 16.6. The first-order valence-electron chi connectivity index (χ1n) is 8.81. The quantitative estimate of drug-likeness (QED) is 0.424. The van der Waals surface area contributed by atoms with E-state index in [1.807, 2.05) is 13.8 Å². The summed E-state index contributed by atoms with van der Waals surface area (Å²) >= 11 is 0. The second-order valence-corrected chi connectivity index (χ2v) is 6.60. The number of ether oxygens (including phenoxy) is 1. The predicted octanol–water partition coefficient (Wildman–Crippen LogP) is 2.38. The molecule has 7 nitrogen and oxygen atoms in total. The van der Waals surface area contributed by atoms with Crippen molar-refractivity contribution >= 4 is 17.9 Å². The van der Waals surface area contributed by atoms with E-state index in [2.05, 4.69) is 16.0 Å². The van der Waals surface area contributed by atoms with Crippen LogP contribution in [-0.2, 0) is 14.3 Å². The number of amides is 3. The summed E-state index contributed by atoms with van der Waals surface area (Å²) in [6, 6.07) is -0.530. The fourth-order valence-electron chi connectivity index (χ4n) is 1.72. The Bertz CT molecular complexity index is 561. The molecule has 0 atom stereocenters. The van der Waals surface area contributed by atoms with Gasteiger partial charge < -0.3 is 20.7 Å². The Hall–Kier alpha value is -2.83. The molecule has 0 saturated heterocycles. The van der Waals surface area contributed by atoms with Crippen molar-refractivity contribution in [2.24, 2.45) is 0 Å². The fraction of sp³-hybridized carbons (Fsp3) is 0.450. The third-order valence-electron chi connectivity index (χ3n) is 2.87. The summed E-state index contributed by atoms with van der Waals surface area (Å²) in [5.41, 5.74) is -0.647. The highest BCUT2D eigenvalue weighted by Gasteiger charge is 2.20. The predicted molar refractivity (Wildman–Crippen MR) is 107 cm³/mol. The molecule has 0 bridgehead atoms. The summed E-state index contributed by atoms with van der Waals surface area (Å²) in [7, 11) is 0. The van der Waals surface area contributed by atoms with Gasteiger partial charge in [0.1, 0.15) is 5.60 Å². The lowest BCUT2D eigenvalue weighted by molar-refractivity contribution is -0.116. The van der Waals surface area contributed by atoms with Gasteiger partial charge >= 0.3 is 6.09 Å². The van der Waals surface area contributed by atoms with Crippen LogP contribution in [-0.4, -0.2) is 42.6 Å². The first-order chi connectivity index (χ1) is 12.7. The average molecular weight is 377 g/mol. The third kappa shape index (κ3) is 15.2. The maximum atomic E-state index is 12.0. The molecule has 0 aliphatic rings. The van der Waals surface area contributed by atoms with Crippen molar-refractivity contribution in [3.8, 4) is 0 Å². The van der Waals surface area contributed by atoms with E-state index in [9.17, 15) is 14.4 Å². The number of hydrogen-bond acceptors (Lipinski definition) is 4. The maximum Gasteiger partial charge on any atom is 0.407 e. The molecule has 3 amide bonds. The van der Waals surface area contributed by atoms with Crippen molar-refractivity contribution in [1.82, 2.24) is 16.0 Å². The van der Waals surface area contributed by atoms with Crippen LogP contribution in [0.4, 0.5) is 4.79 Å². The van der Waals surface area contributed by atoms with Crippen LogP contribution in [0, 0.1) is 0 Å². The average Bonchev–Trinajstić information content (AvgIpc) is 2.56. The molecule has 3 N–H and O–H groups in total. The van der Waals surface area contributed by atoms with Gasteiger partial charge in [-0.25, -0.2) is 4.79 Å². The van der Waals surface area contributed by atoms with Crippen LogP contribution in [0.5, 0.6) is 0 Å². The minimum atomic E-state index is -0.647. The lowest BCUT2D eigenvalue weighted by atomic mass is 10.2. The first-order valence-corrected chi connectivity index (χ1v) is 8.81. The van der Waals surface area contributed by atoms with Crippen molar-refractivity contribution in [3.05, 3.63) is 48.6 Å². The van der Waals surface area contributed by atoms with Crippen molar-refractivity contribution in [3.63, 3.8) is 0 Å². The molecule has 0 rings (SSSR count). The molecule has 0 radical (unpaired) electrons. The van der Waals surface area contributed by atoms with Gasteiger partial charge in [0.05, 0.1) is 6.04 Å². The van der Waals surface area contributed by atoms with Gasteiger partial charge in [0.25, 0.3) is 0 Å². The molecule has 0 aromatic carbocycles. The molecule has 0 saturated carbocycles. The minimum Gasteiger partial charge on any atom is -0.444 e. The Kier molecular flexibility index (Phi) is 12.0. The van der Waals surface area contributed by atoms with Crippen molar-refractivity contribution in [1.29, 1.82) is 0 Å². The molecular formula is C20H31N3O4. The van der Waals surface area contributed by atoms with Crippen LogP contribution < -0.4 is 16.0 Å². The number of nitrogens with one attached hydrogen (secondary N) is 3. The zero-order valence-corrected chi connectivity index (χ0v) is 16.7. The van der Waals surface area contributed by atoms with Gasteiger partial charge in [0, 0.05) is 25.2 Å². The number of allylic oxidation sites excluding steroid dienone is 6. The molecule has 27 heavy (non-hydrogen) atoms. The Labute approximate surface area is 161 Å². The number of carbonyl (C=O) groups is 3. The highest BCUT2D eigenvalue weighted by molar-refractivity contribution is 5.88. The molecule has 150 valence electrons. The van der Waals surface area contributed by atoms with E-state index in [-0.39, 0.29) is 24.9 Å². The molecule has 0 heterocycles. The molecule has 0 aromatic heterocycles. The molecule has 0 aliphatic carbocycles. The van der Waals surface area contributed by atoms with Gasteiger partial charge in [-0.3, -0.25) is 9.59 Å². The van der Waals surface area contributed by atoms with E-state index in [4.69, 9.17) is 4.74 Å². The zero-order chi connectivity index (χ0) is 20.7. The van der Waals surface area contributed by atoms with Crippen molar-refractivity contribution in [2.75, 3.05) is 13.1 Å². The van der Waals surface area contributed by atoms with E-state index >= 15 is 0 Å². The zero-order valence-electron chi connectivity index (χ0n) is 16.7. The van der Waals surface area contributed by atoms with E-state index in [0.717, 1.165) is 0 Å². The van der Waals surface area contributed by atoms with Crippen LogP contribution in [0.25, 0.3) is 0 Å². The van der Waals surface area contributed by atoms with Crippen molar-refractivity contribution in [2.45, 2.75) is 46.3 Å². The second-order valence-electron chi connectivity index (χ2n) is 6.60. The second kappa shape index (κ2) is 13.4. The monoisotopic (exact) mass is 377 g/mol. The van der Waals surface area contributed by atoms with Gasteiger partial charge in [-0.2, -0.15) is 0 Å². The standard InChI is InChI=1S/C20H31N3O4/c1-6-8-10-12-17(24)21-14-16(23-19(26)27-20(3,4)5)15-22-18(25)13-11-9-7-2/h6-13,16H,14-15H2,1-5H3,(H,21,24)(H,22,25)(H,23,26). The Morgan fingerprint density at radius 2 is 1.30 bits per heavy atom. The number of hydrogen-bond donors (Lipinski definition) is 3. The van der Waals surface area contributed by atoms with Crippen LogP contribution in [0.1, 0.15) is 34.6 Å². The Balaban J connectivity index is 4.76. The summed E-state index contributed by atoms with van der Waals surface area (Å²) < 4.78 is 5.22. The van der Waals surface area contributed by atoms with E-state index < -0.39 is 17.7 Å². The van der Waals surface area contributed by atoms with Gasteiger partial charge in [-0.05, 0) is 34.6 Å². The lowest BCUT2D eigenvalue weighted by Gasteiger charge is -2.24. The summed E-state index contributed by atoms with van der Waals surface area (Å²) in [5.74, 6) is -0.605. The largest absolute Gasteiger partial charge is 0.444 e. The molecule has 0 aromatic rings. The number of carbonyl (C=O) groups excluding carboxylic acids is 3. The summed E-state index contributed by atoms with van der Waals surface area (Å²) in [6.45, 7) is 9.22. The molecular weight excluding hydrogens is 346 g/mol. The van der Waals surface area contributed by atoms with Crippen LogP contribution in [0.2, 0.25) is 0 Å². The highest BCUT2D eigenvalue weighted by Crippen LogP contribution is 2.06. The smallest absolute Gasteiger partial charge is 0.407 e. The SMILES string of the molecule is CC=CC=CC(=O)NCC(CNC(=O)C=CC=CC)NC(=O)OC(C)(C)C. The number of rotatable bonds is 9. The topological polar surface area (TPSA) is 96.5 Å². The molecule has 0 fully saturated rings. The van der Waals surface area contributed by atoms with Crippen LogP contribution in [0.3, 0.4) is 0 Å². The summed E-state index contributed by atoms with van der Waals surface area (Å²) in [5, 5.41) is 8.00. The number of alkyl carbamates (subject to hydrolysis) is 1. The summed E-state index contributed by atoms with van der Waals surface area (Å²) in [4.78, 5) is 35.5. The molecule has 0 spiro atoms. The normalized spacial score (nSPS) is 13.4. The molecule has 0 aliphatic heterocycles. The van der Waals surface area contributed by atoms with Crippen LogP contribution >= 0.6 is 0 Å². The fourth-order valence-corrected chi connectivity index (χ4v) is 1.72. The summed E-state index contributed by atoms with van der Waals surface area (Å²) in [6.07, 6.45) is 12.4. The van der Waals surface area contributed by atoms with Crippen molar-refractivity contribution < 1.29 is 19.1 Å². The van der Waals surface area contributed by atoms with Gasteiger partial charge in [0.2, 0.25) is 11.8 Å². The van der Waals surface area contributed by atoms with Gasteiger partial charge in [-0.1, -0.05) is 36.5 Å². The molecule has 0 unspecified atom stereocenters. The van der Waals surface area contributed by atoms with Gasteiger partial charge in [0.15, 0.2) is 0 Å². The lowest BCUT2D eigenvalue weighted by Crippen LogP contribution is -2.50. The minimum absolute atomic E-state index is 0.136. The van der Waals surface area contributed by atoms with E-state index in [1.165, 1.54) is 12.2 Å². The third-order valence-corrected chi connectivity index (χ3v) is 2.87. The van der Waals surface area contributed by atoms with Crippen LogP contribution in [0.15, 0.2) is 48.6 Å².